The van der Waals surface area contributed by atoms with Crippen molar-refractivity contribution in [3.8, 4) is 0 Å². The van der Waals surface area contributed by atoms with Gasteiger partial charge in [0.25, 0.3) is 0 Å². The third kappa shape index (κ3) is 3.09. The average molecular weight is 258 g/mol. The average Bonchev–Trinajstić information content (AvgIpc) is 2.15. The molecule has 0 aliphatic carbocycles. The van der Waals surface area contributed by atoms with Crippen LogP contribution < -0.4 is 5.73 Å². The highest BCUT2D eigenvalue weighted by atomic mass is 35.5. The SMILES string of the molecule is CC[C@@H](N)c1cccc(C(F)(F)F)c1F.Cl. The van der Waals surface area contributed by atoms with E-state index in [2.05, 4.69) is 0 Å². The molecule has 0 unspecified atom stereocenters. The molecule has 0 aliphatic heterocycles. The van der Waals surface area contributed by atoms with Gasteiger partial charge in [-0.3, -0.25) is 0 Å². The summed E-state index contributed by atoms with van der Waals surface area (Å²) in [4.78, 5) is 0. The van der Waals surface area contributed by atoms with Crippen molar-refractivity contribution >= 4 is 12.4 Å². The first-order valence-corrected chi connectivity index (χ1v) is 4.49. The van der Waals surface area contributed by atoms with Gasteiger partial charge in [-0.25, -0.2) is 4.39 Å². The zero-order valence-electron chi connectivity index (χ0n) is 8.51. The second-order valence-electron chi connectivity index (χ2n) is 3.22. The first-order chi connectivity index (χ1) is 6.88. The fourth-order valence-electron chi connectivity index (χ4n) is 1.28. The van der Waals surface area contributed by atoms with Gasteiger partial charge in [-0.1, -0.05) is 19.1 Å². The maximum absolute atomic E-state index is 13.4. The van der Waals surface area contributed by atoms with Gasteiger partial charge in [0.2, 0.25) is 0 Å². The Balaban J connectivity index is 0.00000225. The standard InChI is InChI=1S/C10H11F4N.ClH/c1-2-8(15)6-4-3-5-7(9(6)11)10(12,13)14;/h3-5,8H,2,15H2,1H3;1H/t8-;/m1./s1. The van der Waals surface area contributed by atoms with Crippen molar-refractivity contribution in [2.75, 3.05) is 0 Å². The minimum Gasteiger partial charge on any atom is -0.324 e. The molecule has 1 rings (SSSR count). The molecule has 16 heavy (non-hydrogen) atoms. The number of nitrogens with two attached hydrogens (primary N) is 1. The predicted molar refractivity (Wildman–Crippen MR) is 55.9 cm³/mol. The van der Waals surface area contributed by atoms with Crippen LogP contribution in [0.25, 0.3) is 0 Å². The molecule has 0 amide bonds. The molecule has 0 spiro atoms. The lowest BCUT2D eigenvalue weighted by Crippen LogP contribution is -2.15. The summed E-state index contributed by atoms with van der Waals surface area (Å²) < 4.78 is 50.4. The second-order valence-corrected chi connectivity index (χ2v) is 3.22. The maximum atomic E-state index is 13.4. The third-order valence-electron chi connectivity index (χ3n) is 2.17. The molecule has 0 bridgehead atoms. The summed E-state index contributed by atoms with van der Waals surface area (Å²) in [6, 6.07) is 2.45. The first-order valence-electron chi connectivity index (χ1n) is 4.49. The molecule has 6 heteroatoms. The summed E-state index contributed by atoms with van der Waals surface area (Å²) in [7, 11) is 0. The summed E-state index contributed by atoms with van der Waals surface area (Å²) in [6.07, 6.45) is -4.29. The monoisotopic (exact) mass is 257 g/mol. The first kappa shape index (κ1) is 15.2. The predicted octanol–water partition coefficient (Wildman–Crippen LogP) is 3.68. The molecule has 1 aromatic rings. The van der Waals surface area contributed by atoms with E-state index in [-0.39, 0.29) is 18.0 Å². The van der Waals surface area contributed by atoms with Crippen LogP contribution in [0.2, 0.25) is 0 Å². The normalized spacial score (nSPS) is 13.1. The summed E-state index contributed by atoms with van der Waals surface area (Å²) in [5.41, 5.74) is 4.15. The minimum atomic E-state index is -4.67. The Labute approximate surface area is 97.0 Å². The lowest BCUT2D eigenvalue weighted by atomic mass is 10.0. The van der Waals surface area contributed by atoms with Gasteiger partial charge in [-0.15, -0.1) is 12.4 Å². The quantitative estimate of drug-likeness (QED) is 0.804. The van der Waals surface area contributed by atoms with Crippen LogP contribution in [0.1, 0.15) is 30.5 Å². The van der Waals surface area contributed by atoms with Gasteiger partial charge >= 0.3 is 6.18 Å². The Bertz CT molecular complexity index is 351. The number of alkyl halides is 3. The smallest absolute Gasteiger partial charge is 0.324 e. The van der Waals surface area contributed by atoms with E-state index in [9.17, 15) is 17.6 Å². The molecule has 1 aromatic carbocycles. The van der Waals surface area contributed by atoms with Gasteiger partial charge in [0.15, 0.2) is 0 Å². The van der Waals surface area contributed by atoms with Gasteiger partial charge in [-0.2, -0.15) is 13.2 Å². The highest BCUT2D eigenvalue weighted by molar-refractivity contribution is 5.85. The van der Waals surface area contributed by atoms with Gasteiger partial charge in [-0.05, 0) is 12.5 Å². The van der Waals surface area contributed by atoms with Gasteiger partial charge in [0.1, 0.15) is 5.82 Å². The highest BCUT2D eigenvalue weighted by Gasteiger charge is 2.35. The molecular formula is C10H12ClF4N. The van der Waals surface area contributed by atoms with Crippen LogP contribution in [-0.4, -0.2) is 0 Å². The largest absolute Gasteiger partial charge is 0.419 e. The van der Waals surface area contributed by atoms with Crippen LogP contribution in [0.4, 0.5) is 17.6 Å². The summed E-state index contributed by atoms with van der Waals surface area (Å²) in [5, 5.41) is 0. The Morgan fingerprint density at radius 1 is 1.31 bits per heavy atom. The number of halogens is 5. The van der Waals surface area contributed by atoms with Crippen molar-refractivity contribution in [1.29, 1.82) is 0 Å². The minimum absolute atomic E-state index is 0. The van der Waals surface area contributed by atoms with Gasteiger partial charge < -0.3 is 5.73 Å². The van der Waals surface area contributed by atoms with E-state index in [0.29, 0.717) is 12.5 Å². The number of benzene rings is 1. The van der Waals surface area contributed by atoms with E-state index in [0.717, 1.165) is 6.07 Å². The fraction of sp³-hybridized carbons (Fsp3) is 0.400. The van der Waals surface area contributed by atoms with Crippen molar-refractivity contribution in [2.24, 2.45) is 5.73 Å². The molecule has 92 valence electrons. The molecule has 2 N–H and O–H groups in total. The van der Waals surface area contributed by atoms with E-state index < -0.39 is 23.6 Å². The molecule has 0 heterocycles. The number of hydrogen-bond donors (Lipinski definition) is 1. The van der Waals surface area contributed by atoms with Crippen molar-refractivity contribution in [3.05, 3.63) is 35.1 Å². The highest BCUT2D eigenvalue weighted by Crippen LogP contribution is 2.33. The van der Waals surface area contributed by atoms with Crippen LogP contribution in [0.15, 0.2) is 18.2 Å². The molecule has 1 atom stereocenters. The van der Waals surface area contributed by atoms with E-state index in [4.69, 9.17) is 5.73 Å². The number of hydrogen-bond acceptors (Lipinski definition) is 1. The Hall–Kier alpha value is -0.810. The Kier molecular flexibility index (Phi) is 5.22. The van der Waals surface area contributed by atoms with E-state index >= 15 is 0 Å². The van der Waals surface area contributed by atoms with Crippen molar-refractivity contribution < 1.29 is 17.6 Å². The van der Waals surface area contributed by atoms with E-state index in [1.807, 2.05) is 0 Å². The van der Waals surface area contributed by atoms with Gasteiger partial charge in [0.05, 0.1) is 5.56 Å². The molecule has 0 saturated carbocycles. The zero-order valence-corrected chi connectivity index (χ0v) is 9.33. The van der Waals surface area contributed by atoms with E-state index in [1.54, 1.807) is 6.92 Å². The molecule has 1 nitrogen and oxygen atoms in total. The van der Waals surface area contributed by atoms with Crippen LogP contribution in [0.5, 0.6) is 0 Å². The molecule has 0 aromatic heterocycles. The van der Waals surface area contributed by atoms with Crippen molar-refractivity contribution in [3.63, 3.8) is 0 Å². The lowest BCUT2D eigenvalue weighted by Gasteiger charge is -2.14. The maximum Gasteiger partial charge on any atom is 0.419 e. The van der Waals surface area contributed by atoms with Crippen LogP contribution in [0.3, 0.4) is 0 Å². The van der Waals surface area contributed by atoms with Crippen LogP contribution >= 0.6 is 12.4 Å². The molecule has 0 saturated heterocycles. The summed E-state index contributed by atoms with van der Waals surface area (Å²) in [5.74, 6) is -1.26. The van der Waals surface area contributed by atoms with Crippen LogP contribution in [0, 0.1) is 5.82 Å². The van der Waals surface area contributed by atoms with Crippen molar-refractivity contribution in [2.45, 2.75) is 25.6 Å². The van der Waals surface area contributed by atoms with E-state index in [1.165, 1.54) is 6.07 Å². The summed E-state index contributed by atoms with van der Waals surface area (Å²) in [6.45, 7) is 1.68. The molecular weight excluding hydrogens is 246 g/mol. The molecule has 0 aliphatic rings. The summed E-state index contributed by atoms with van der Waals surface area (Å²) >= 11 is 0. The fourth-order valence-corrected chi connectivity index (χ4v) is 1.28. The van der Waals surface area contributed by atoms with Crippen molar-refractivity contribution in [1.82, 2.24) is 0 Å². The van der Waals surface area contributed by atoms with Gasteiger partial charge in [0, 0.05) is 11.6 Å². The van der Waals surface area contributed by atoms with Crippen LogP contribution in [-0.2, 0) is 6.18 Å². The molecule has 0 fully saturated rings. The third-order valence-corrected chi connectivity index (χ3v) is 2.17. The Morgan fingerprint density at radius 2 is 1.88 bits per heavy atom. The zero-order chi connectivity index (χ0) is 11.6. The molecule has 0 radical (unpaired) electrons. The number of rotatable bonds is 2. The second kappa shape index (κ2) is 5.50. The Morgan fingerprint density at radius 3 is 2.31 bits per heavy atom. The topological polar surface area (TPSA) is 26.0 Å². The lowest BCUT2D eigenvalue weighted by molar-refractivity contribution is -0.140.